The monoisotopic (exact) mass is 494 g/mol. The average Bonchev–Trinajstić information content (AvgIpc) is 2.73. The zero-order chi connectivity index (χ0) is 23.6. The highest BCUT2D eigenvalue weighted by Gasteiger charge is 2.27. The number of aromatic nitrogens is 2. The van der Waals surface area contributed by atoms with Crippen molar-refractivity contribution in [2.75, 3.05) is 11.9 Å². The normalized spacial score (nSPS) is 12.2. The molecule has 0 spiro atoms. The van der Waals surface area contributed by atoms with Gasteiger partial charge in [0.2, 0.25) is 0 Å². The van der Waals surface area contributed by atoms with Gasteiger partial charge in [-0.1, -0.05) is 48.7 Å². The van der Waals surface area contributed by atoms with Crippen molar-refractivity contribution >= 4 is 57.4 Å². The molecule has 6 nitrogen and oxygen atoms in total. The van der Waals surface area contributed by atoms with Gasteiger partial charge in [0.05, 0.1) is 27.7 Å². The Morgan fingerprint density at radius 1 is 1.09 bits per heavy atom. The zero-order valence-electron chi connectivity index (χ0n) is 18.3. The van der Waals surface area contributed by atoms with Crippen LogP contribution in [-0.4, -0.2) is 27.0 Å². The van der Waals surface area contributed by atoms with Crippen LogP contribution in [0, 0.1) is 5.92 Å². The van der Waals surface area contributed by atoms with Gasteiger partial charge in [0, 0.05) is 23.1 Å². The Hall–Kier alpha value is -2.28. The second kappa shape index (κ2) is 10.1. The van der Waals surface area contributed by atoms with E-state index in [1.54, 1.807) is 45.9 Å². The Bertz CT molecular complexity index is 1210. The second-order valence-corrected chi connectivity index (χ2v) is 9.24. The molecular formula is C23H25Cl3N4O2. The SMILES string of the molecule is CCn1c(C(C)N(CC(C)C)C(=O)Nc2ccc(Cl)cc2Cl)nc2ccc(Cl)cc2c1=O. The molecule has 170 valence electrons. The van der Waals surface area contributed by atoms with Crippen molar-refractivity contribution in [1.29, 1.82) is 0 Å². The van der Waals surface area contributed by atoms with Gasteiger partial charge in [0.25, 0.3) is 5.56 Å². The number of nitrogens with zero attached hydrogens (tertiary/aromatic N) is 3. The average molecular weight is 496 g/mol. The van der Waals surface area contributed by atoms with Crippen LogP contribution in [0.25, 0.3) is 10.9 Å². The molecule has 1 unspecified atom stereocenters. The highest BCUT2D eigenvalue weighted by molar-refractivity contribution is 6.36. The minimum Gasteiger partial charge on any atom is -0.314 e. The van der Waals surface area contributed by atoms with Gasteiger partial charge >= 0.3 is 6.03 Å². The molecule has 0 aliphatic heterocycles. The Morgan fingerprint density at radius 2 is 1.75 bits per heavy atom. The van der Waals surface area contributed by atoms with E-state index in [1.165, 1.54) is 0 Å². The third-order valence-corrected chi connectivity index (χ3v) is 5.88. The maximum atomic E-state index is 13.3. The second-order valence-electron chi connectivity index (χ2n) is 7.96. The summed E-state index contributed by atoms with van der Waals surface area (Å²) in [6.07, 6.45) is 0. The maximum absolute atomic E-state index is 13.3. The van der Waals surface area contributed by atoms with E-state index in [4.69, 9.17) is 39.8 Å². The lowest BCUT2D eigenvalue weighted by Gasteiger charge is -2.32. The van der Waals surface area contributed by atoms with Crippen molar-refractivity contribution in [1.82, 2.24) is 14.5 Å². The number of carbonyl (C=O) groups excluding carboxylic acids is 1. The quantitative estimate of drug-likeness (QED) is 0.417. The molecule has 2 amide bonds. The molecule has 0 aliphatic rings. The molecule has 0 bridgehead atoms. The van der Waals surface area contributed by atoms with Crippen molar-refractivity contribution in [2.24, 2.45) is 5.92 Å². The number of fused-ring (bicyclic) bond motifs is 1. The standard InChI is InChI=1S/C23H25Cl3N4O2/c1-5-29-21(27-19-8-6-15(24)10-17(19)22(29)31)14(4)30(12-13(2)3)23(32)28-20-9-7-16(25)11-18(20)26/h6-11,13-14H,5,12H2,1-4H3,(H,28,32). The van der Waals surface area contributed by atoms with Crippen LogP contribution in [0.4, 0.5) is 10.5 Å². The van der Waals surface area contributed by atoms with Crippen LogP contribution < -0.4 is 10.9 Å². The Kier molecular flexibility index (Phi) is 7.70. The molecule has 1 N–H and O–H groups in total. The Labute approximate surface area is 202 Å². The molecule has 0 radical (unpaired) electrons. The van der Waals surface area contributed by atoms with Crippen LogP contribution in [0.2, 0.25) is 15.1 Å². The summed E-state index contributed by atoms with van der Waals surface area (Å²) in [6, 6.07) is 9.09. The molecule has 9 heteroatoms. The van der Waals surface area contributed by atoms with Crippen molar-refractivity contribution in [3.63, 3.8) is 0 Å². The van der Waals surface area contributed by atoms with Gasteiger partial charge in [0.1, 0.15) is 5.82 Å². The number of anilines is 1. The van der Waals surface area contributed by atoms with Crippen molar-refractivity contribution in [2.45, 2.75) is 40.3 Å². The highest BCUT2D eigenvalue weighted by atomic mass is 35.5. The predicted molar refractivity (Wildman–Crippen MR) is 132 cm³/mol. The van der Waals surface area contributed by atoms with Gasteiger partial charge in [-0.25, -0.2) is 9.78 Å². The third kappa shape index (κ3) is 5.20. The molecule has 0 saturated carbocycles. The number of carbonyl (C=O) groups is 1. The van der Waals surface area contributed by atoms with E-state index in [0.29, 0.717) is 50.6 Å². The lowest BCUT2D eigenvalue weighted by Crippen LogP contribution is -2.42. The molecule has 2 aromatic carbocycles. The predicted octanol–water partition coefficient (Wildman–Crippen LogP) is 6.63. The summed E-state index contributed by atoms with van der Waals surface area (Å²) in [5, 5.41) is 4.60. The van der Waals surface area contributed by atoms with E-state index in [9.17, 15) is 9.59 Å². The first-order valence-electron chi connectivity index (χ1n) is 10.3. The van der Waals surface area contributed by atoms with Gasteiger partial charge in [0.15, 0.2) is 0 Å². The Balaban J connectivity index is 2.04. The topological polar surface area (TPSA) is 67.2 Å². The van der Waals surface area contributed by atoms with Crippen LogP contribution in [0.3, 0.4) is 0 Å². The van der Waals surface area contributed by atoms with E-state index in [0.717, 1.165) is 0 Å². The fourth-order valence-corrected chi connectivity index (χ4v) is 4.19. The molecule has 0 aliphatic carbocycles. The van der Waals surface area contributed by atoms with E-state index in [2.05, 4.69) is 5.32 Å². The number of benzene rings is 2. The molecule has 0 fully saturated rings. The lowest BCUT2D eigenvalue weighted by atomic mass is 10.1. The molecular weight excluding hydrogens is 471 g/mol. The van der Waals surface area contributed by atoms with Gasteiger partial charge < -0.3 is 10.2 Å². The summed E-state index contributed by atoms with van der Waals surface area (Å²) in [7, 11) is 0. The van der Waals surface area contributed by atoms with E-state index < -0.39 is 6.04 Å². The number of nitrogens with one attached hydrogen (secondary N) is 1. The number of amides is 2. The van der Waals surface area contributed by atoms with Crippen LogP contribution >= 0.6 is 34.8 Å². The first-order valence-corrected chi connectivity index (χ1v) is 11.5. The minimum absolute atomic E-state index is 0.185. The van der Waals surface area contributed by atoms with Gasteiger partial charge in [-0.05, 0) is 56.2 Å². The number of hydrogen-bond acceptors (Lipinski definition) is 3. The van der Waals surface area contributed by atoms with Crippen LogP contribution in [0.15, 0.2) is 41.2 Å². The zero-order valence-corrected chi connectivity index (χ0v) is 20.6. The number of halogens is 3. The summed E-state index contributed by atoms with van der Waals surface area (Å²) in [5.41, 5.74) is 0.806. The first-order chi connectivity index (χ1) is 15.1. The number of hydrogen-bond donors (Lipinski definition) is 1. The molecule has 1 aromatic heterocycles. The first kappa shape index (κ1) is 24.4. The molecule has 0 saturated heterocycles. The summed E-state index contributed by atoms with van der Waals surface area (Å²) in [4.78, 5) is 32.8. The summed E-state index contributed by atoms with van der Waals surface area (Å²) in [6.45, 7) is 8.64. The van der Waals surface area contributed by atoms with Gasteiger partial charge in [-0.15, -0.1) is 0 Å². The lowest BCUT2D eigenvalue weighted by molar-refractivity contribution is 0.178. The van der Waals surface area contributed by atoms with E-state index in [1.807, 2.05) is 27.7 Å². The van der Waals surface area contributed by atoms with Crippen molar-refractivity contribution < 1.29 is 4.79 Å². The fraction of sp³-hybridized carbons (Fsp3) is 0.348. The number of rotatable bonds is 6. The molecule has 3 rings (SSSR count). The fourth-order valence-electron chi connectivity index (χ4n) is 3.56. The highest BCUT2D eigenvalue weighted by Crippen LogP contribution is 2.28. The summed E-state index contributed by atoms with van der Waals surface area (Å²) < 4.78 is 1.58. The van der Waals surface area contributed by atoms with Crippen LogP contribution in [-0.2, 0) is 6.54 Å². The largest absolute Gasteiger partial charge is 0.322 e. The van der Waals surface area contributed by atoms with E-state index >= 15 is 0 Å². The summed E-state index contributed by atoms with van der Waals surface area (Å²) in [5.74, 6) is 0.690. The molecule has 3 aromatic rings. The third-order valence-electron chi connectivity index (χ3n) is 5.10. The van der Waals surface area contributed by atoms with Crippen molar-refractivity contribution in [3.8, 4) is 0 Å². The van der Waals surface area contributed by atoms with Gasteiger partial charge in [-0.2, -0.15) is 0 Å². The van der Waals surface area contributed by atoms with Crippen molar-refractivity contribution in [3.05, 3.63) is 67.6 Å². The summed E-state index contributed by atoms with van der Waals surface area (Å²) >= 11 is 18.3. The van der Waals surface area contributed by atoms with Crippen LogP contribution in [0.5, 0.6) is 0 Å². The smallest absolute Gasteiger partial charge is 0.314 e. The minimum atomic E-state index is -0.476. The number of urea groups is 1. The Morgan fingerprint density at radius 3 is 2.38 bits per heavy atom. The molecule has 1 heterocycles. The van der Waals surface area contributed by atoms with E-state index in [-0.39, 0.29) is 17.5 Å². The maximum Gasteiger partial charge on any atom is 0.322 e. The molecule has 1 atom stereocenters. The van der Waals surface area contributed by atoms with Gasteiger partial charge in [-0.3, -0.25) is 9.36 Å². The van der Waals surface area contributed by atoms with Crippen LogP contribution in [0.1, 0.15) is 39.6 Å². The molecule has 32 heavy (non-hydrogen) atoms.